The lowest BCUT2D eigenvalue weighted by Gasteiger charge is -2.18. The maximum atomic E-state index is 2.29. The largest absolute Gasteiger partial charge is 0.339 e. The van der Waals surface area contributed by atoms with Crippen molar-refractivity contribution in [3.05, 3.63) is 102 Å². The maximum Gasteiger partial charge on any atom is 0.0765 e. The number of thioether (sulfide) groups is 1. The van der Waals surface area contributed by atoms with Gasteiger partial charge in [0.15, 0.2) is 0 Å². The zero-order valence-corrected chi connectivity index (χ0v) is 14.4. The molecule has 4 rings (SSSR count). The first-order valence-corrected chi connectivity index (χ1v) is 9.02. The second-order valence-corrected chi connectivity index (χ2v) is 7.05. The van der Waals surface area contributed by atoms with Gasteiger partial charge < -0.3 is 4.57 Å². The van der Waals surface area contributed by atoms with Crippen LogP contribution in [0.1, 0.15) is 16.4 Å². The summed E-state index contributed by atoms with van der Waals surface area (Å²) in [5, 5.41) is 2.87. The standard InChI is InChI=1S/C22H19NS/c1-23-20-15-9-8-14-19(20)16-21(23)24-22(17-10-4-2-5-11-17)18-12-6-3-7-13-18/h2-16,22H,1H3. The topological polar surface area (TPSA) is 4.93 Å². The van der Waals surface area contributed by atoms with E-state index in [0.717, 1.165) is 0 Å². The Morgan fingerprint density at radius 2 is 1.25 bits per heavy atom. The minimum absolute atomic E-state index is 0.287. The molecule has 0 fully saturated rings. The first kappa shape index (κ1) is 15.1. The van der Waals surface area contributed by atoms with Crippen LogP contribution in [0.5, 0.6) is 0 Å². The SMILES string of the molecule is Cn1c(SC(c2ccccc2)c2ccccc2)cc2ccccc21. The first-order chi connectivity index (χ1) is 11.8. The summed E-state index contributed by atoms with van der Waals surface area (Å²) in [6, 6.07) is 32.3. The monoisotopic (exact) mass is 329 g/mol. The van der Waals surface area contributed by atoms with E-state index in [1.54, 1.807) is 0 Å². The van der Waals surface area contributed by atoms with Crippen LogP contribution in [0.25, 0.3) is 10.9 Å². The summed E-state index contributed by atoms with van der Waals surface area (Å²) in [6.07, 6.45) is 0. The fourth-order valence-corrected chi connectivity index (χ4v) is 4.36. The van der Waals surface area contributed by atoms with Crippen molar-refractivity contribution in [3.63, 3.8) is 0 Å². The highest BCUT2D eigenvalue weighted by Crippen LogP contribution is 2.41. The number of hydrogen-bond acceptors (Lipinski definition) is 1. The lowest BCUT2D eigenvalue weighted by molar-refractivity contribution is 0.859. The molecule has 0 amide bonds. The number of para-hydroxylation sites is 1. The molecule has 0 atom stereocenters. The Morgan fingerprint density at radius 1 is 0.708 bits per heavy atom. The molecule has 2 heteroatoms. The van der Waals surface area contributed by atoms with Crippen LogP contribution in [0.15, 0.2) is 96.0 Å². The van der Waals surface area contributed by atoms with Crippen molar-refractivity contribution in [2.75, 3.05) is 0 Å². The highest BCUT2D eigenvalue weighted by atomic mass is 32.2. The molecule has 1 heterocycles. The summed E-state index contributed by atoms with van der Waals surface area (Å²) in [6.45, 7) is 0. The van der Waals surface area contributed by atoms with Crippen molar-refractivity contribution in [1.82, 2.24) is 4.57 Å². The number of aromatic nitrogens is 1. The molecular weight excluding hydrogens is 310 g/mol. The fourth-order valence-electron chi connectivity index (χ4n) is 3.08. The smallest absolute Gasteiger partial charge is 0.0765 e. The predicted octanol–water partition coefficient (Wildman–Crippen LogP) is 6.06. The molecule has 0 spiro atoms. The number of rotatable bonds is 4. The molecule has 0 aliphatic heterocycles. The van der Waals surface area contributed by atoms with Crippen molar-refractivity contribution in [1.29, 1.82) is 0 Å². The number of aryl methyl sites for hydroxylation is 1. The zero-order chi connectivity index (χ0) is 16.4. The summed E-state index contributed by atoms with van der Waals surface area (Å²) < 4.78 is 2.29. The molecule has 24 heavy (non-hydrogen) atoms. The van der Waals surface area contributed by atoms with Crippen LogP contribution in [0, 0.1) is 0 Å². The first-order valence-electron chi connectivity index (χ1n) is 8.14. The Morgan fingerprint density at radius 3 is 1.83 bits per heavy atom. The fraction of sp³-hybridized carbons (Fsp3) is 0.0909. The molecule has 118 valence electrons. The Bertz CT molecular complexity index is 902. The van der Waals surface area contributed by atoms with Crippen LogP contribution in [-0.4, -0.2) is 4.57 Å². The molecule has 0 bridgehead atoms. The van der Waals surface area contributed by atoms with Crippen LogP contribution in [0.2, 0.25) is 0 Å². The third-order valence-corrected chi connectivity index (χ3v) is 5.76. The molecule has 1 nitrogen and oxygen atoms in total. The van der Waals surface area contributed by atoms with E-state index >= 15 is 0 Å². The van der Waals surface area contributed by atoms with Gasteiger partial charge in [-0.25, -0.2) is 0 Å². The second kappa shape index (κ2) is 6.58. The van der Waals surface area contributed by atoms with Crippen LogP contribution < -0.4 is 0 Å². The van der Waals surface area contributed by atoms with E-state index in [4.69, 9.17) is 0 Å². The van der Waals surface area contributed by atoms with Crippen molar-refractivity contribution < 1.29 is 0 Å². The molecule has 0 saturated heterocycles. The van der Waals surface area contributed by atoms with Crippen molar-refractivity contribution >= 4 is 22.7 Å². The molecule has 0 N–H and O–H groups in total. The maximum absolute atomic E-state index is 2.29. The van der Waals surface area contributed by atoms with Gasteiger partial charge in [0, 0.05) is 18.0 Å². The van der Waals surface area contributed by atoms with Crippen LogP contribution in [0.4, 0.5) is 0 Å². The van der Waals surface area contributed by atoms with E-state index in [1.165, 1.54) is 27.1 Å². The third-order valence-electron chi connectivity index (χ3n) is 4.35. The van der Waals surface area contributed by atoms with E-state index in [1.807, 2.05) is 11.8 Å². The van der Waals surface area contributed by atoms with Crippen molar-refractivity contribution in [2.24, 2.45) is 7.05 Å². The quantitative estimate of drug-likeness (QED) is 0.412. The predicted molar refractivity (Wildman–Crippen MR) is 104 cm³/mol. The number of hydrogen-bond donors (Lipinski definition) is 0. The summed E-state index contributed by atoms with van der Waals surface area (Å²) in [5.74, 6) is 0. The van der Waals surface area contributed by atoms with Gasteiger partial charge in [0.25, 0.3) is 0 Å². The average molecular weight is 329 g/mol. The van der Waals surface area contributed by atoms with Gasteiger partial charge in [-0.1, -0.05) is 90.6 Å². The molecule has 4 aromatic rings. The van der Waals surface area contributed by atoms with E-state index in [9.17, 15) is 0 Å². The van der Waals surface area contributed by atoms with Crippen molar-refractivity contribution in [2.45, 2.75) is 10.3 Å². The van der Waals surface area contributed by atoms with E-state index in [2.05, 4.69) is 103 Å². The number of fused-ring (bicyclic) bond motifs is 1. The molecule has 3 aromatic carbocycles. The second-order valence-electron chi connectivity index (χ2n) is 5.92. The molecular formula is C22H19NS. The van der Waals surface area contributed by atoms with Crippen LogP contribution in [0.3, 0.4) is 0 Å². The van der Waals surface area contributed by atoms with Gasteiger partial charge in [0.1, 0.15) is 0 Å². The van der Waals surface area contributed by atoms with Gasteiger partial charge in [0.05, 0.1) is 10.3 Å². The van der Waals surface area contributed by atoms with E-state index < -0.39 is 0 Å². The highest BCUT2D eigenvalue weighted by molar-refractivity contribution is 7.99. The van der Waals surface area contributed by atoms with Crippen molar-refractivity contribution in [3.8, 4) is 0 Å². The average Bonchev–Trinajstić information content (AvgIpc) is 2.97. The van der Waals surface area contributed by atoms with Gasteiger partial charge in [-0.3, -0.25) is 0 Å². The zero-order valence-electron chi connectivity index (χ0n) is 13.6. The van der Waals surface area contributed by atoms with E-state index in [-0.39, 0.29) is 5.25 Å². The van der Waals surface area contributed by atoms with Gasteiger partial charge in [-0.05, 0) is 23.3 Å². The summed E-state index contributed by atoms with van der Waals surface area (Å²) in [4.78, 5) is 0. The molecule has 0 unspecified atom stereocenters. The van der Waals surface area contributed by atoms with E-state index in [0.29, 0.717) is 0 Å². The van der Waals surface area contributed by atoms with Crippen LogP contribution >= 0.6 is 11.8 Å². The lowest BCUT2D eigenvalue weighted by atomic mass is 10.0. The Labute approximate surface area is 146 Å². The molecule has 1 aromatic heterocycles. The van der Waals surface area contributed by atoms with Gasteiger partial charge in [0.2, 0.25) is 0 Å². The number of benzene rings is 3. The summed E-state index contributed by atoms with van der Waals surface area (Å²) in [7, 11) is 2.15. The normalized spacial score (nSPS) is 11.2. The van der Waals surface area contributed by atoms with Gasteiger partial charge in [-0.2, -0.15) is 0 Å². The molecule has 0 radical (unpaired) electrons. The Balaban J connectivity index is 1.78. The summed E-state index contributed by atoms with van der Waals surface area (Å²) in [5.41, 5.74) is 3.94. The molecule has 0 saturated carbocycles. The minimum atomic E-state index is 0.287. The number of nitrogens with zero attached hydrogens (tertiary/aromatic N) is 1. The molecule has 0 aliphatic carbocycles. The summed E-state index contributed by atoms with van der Waals surface area (Å²) >= 11 is 1.91. The highest BCUT2D eigenvalue weighted by Gasteiger charge is 2.18. The third kappa shape index (κ3) is 2.85. The van der Waals surface area contributed by atoms with Gasteiger partial charge >= 0.3 is 0 Å². The minimum Gasteiger partial charge on any atom is -0.339 e. The Kier molecular flexibility index (Phi) is 4.14. The molecule has 0 aliphatic rings. The Hall–Kier alpha value is -2.45. The van der Waals surface area contributed by atoms with Gasteiger partial charge in [-0.15, -0.1) is 0 Å². The lowest BCUT2D eigenvalue weighted by Crippen LogP contribution is -1.99. The van der Waals surface area contributed by atoms with Crippen LogP contribution in [-0.2, 0) is 7.05 Å².